The van der Waals surface area contributed by atoms with Crippen molar-refractivity contribution in [2.24, 2.45) is 0 Å². The van der Waals surface area contributed by atoms with Gasteiger partial charge in [-0.1, -0.05) is 68.4 Å². The van der Waals surface area contributed by atoms with Gasteiger partial charge in [-0.15, -0.1) is 0 Å². The fourth-order valence-electron chi connectivity index (χ4n) is 4.41. The maximum absolute atomic E-state index is 14.0. The van der Waals surface area contributed by atoms with Crippen LogP contribution in [-0.4, -0.2) is 44.3 Å². The minimum Gasteiger partial charge on any atom is -0.354 e. The summed E-state index contributed by atoms with van der Waals surface area (Å²) in [6.07, 6.45) is 1.16. The molecule has 3 rings (SSSR count). The number of nitrogens with one attached hydrogen (secondary N) is 1. The average Bonchev–Trinajstić information content (AvgIpc) is 2.90. The van der Waals surface area contributed by atoms with Crippen molar-refractivity contribution in [1.29, 1.82) is 0 Å². The molecule has 8 heteroatoms. The molecule has 0 saturated carbocycles. The minimum absolute atomic E-state index is 0.0919. The zero-order chi connectivity index (χ0) is 27.7. The molecule has 1 N–H and O–H groups in total. The van der Waals surface area contributed by atoms with Crippen LogP contribution in [0.3, 0.4) is 0 Å². The molecule has 0 bridgehead atoms. The van der Waals surface area contributed by atoms with E-state index < -0.39 is 28.5 Å². The fourth-order valence-corrected chi connectivity index (χ4v) is 5.83. The number of carbonyl (C=O) groups is 2. The Bertz CT molecular complexity index is 1310. The molecule has 3 aromatic carbocycles. The highest BCUT2D eigenvalue weighted by Gasteiger charge is 2.33. The second-order valence-electron chi connectivity index (χ2n) is 9.39. The van der Waals surface area contributed by atoms with Crippen molar-refractivity contribution in [3.8, 4) is 0 Å². The van der Waals surface area contributed by atoms with E-state index in [-0.39, 0.29) is 17.3 Å². The van der Waals surface area contributed by atoms with Crippen molar-refractivity contribution in [3.05, 3.63) is 95.6 Å². The number of hydrogen-bond donors (Lipinski definition) is 1. The molecule has 0 aliphatic heterocycles. The van der Waals surface area contributed by atoms with Crippen LogP contribution in [0.25, 0.3) is 0 Å². The lowest BCUT2D eigenvalue weighted by molar-refractivity contribution is -0.140. The molecule has 0 radical (unpaired) electrons. The van der Waals surface area contributed by atoms with Gasteiger partial charge in [0.05, 0.1) is 10.6 Å². The fraction of sp³-hybridized carbons (Fsp3) is 0.333. The summed E-state index contributed by atoms with van der Waals surface area (Å²) in [4.78, 5) is 28.7. The van der Waals surface area contributed by atoms with Crippen LogP contribution in [0.15, 0.2) is 83.8 Å². The van der Waals surface area contributed by atoms with Gasteiger partial charge in [0, 0.05) is 13.1 Å². The lowest BCUT2D eigenvalue weighted by Gasteiger charge is -2.33. The van der Waals surface area contributed by atoms with Gasteiger partial charge in [-0.2, -0.15) is 0 Å². The Hall–Kier alpha value is -3.65. The normalized spacial score (nSPS) is 12.0. The molecule has 7 nitrogen and oxygen atoms in total. The molecule has 0 unspecified atom stereocenters. The standard InChI is InChI=1S/C30H37N3O4S/c1-5-17-31-30(35)28(6-2)32(21-25-13-9-7-10-14-25)29(34)22-33(26-19-23(3)18-24(4)20-26)38(36,37)27-15-11-8-12-16-27/h7-16,18-20,28H,5-6,17,21-22H2,1-4H3,(H,31,35)/t28-/m0/s1. The van der Waals surface area contributed by atoms with Crippen molar-refractivity contribution in [2.75, 3.05) is 17.4 Å². The topological polar surface area (TPSA) is 86.8 Å². The number of carbonyl (C=O) groups excluding carboxylic acids is 2. The Balaban J connectivity index is 2.06. The van der Waals surface area contributed by atoms with Crippen LogP contribution in [0.4, 0.5) is 5.69 Å². The van der Waals surface area contributed by atoms with Crippen LogP contribution < -0.4 is 9.62 Å². The quantitative estimate of drug-likeness (QED) is 0.360. The van der Waals surface area contributed by atoms with E-state index in [4.69, 9.17) is 0 Å². The summed E-state index contributed by atoms with van der Waals surface area (Å²) in [5, 5.41) is 2.90. The van der Waals surface area contributed by atoms with E-state index >= 15 is 0 Å². The number of sulfonamides is 1. The van der Waals surface area contributed by atoms with Gasteiger partial charge in [0.2, 0.25) is 11.8 Å². The van der Waals surface area contributed by atoms with Gasteiger partial charge in [-0.25, -0.2) is 8.42 Å². The number of amides is 2. The lowest BCUT2D eigenvalue weighted by Crippen LogP contribution is -2.52. The molecule has 0 aliphatic carbocycles. The third-order valence-electron chi connectivity index (χ3n) is 6.24. The van der Waals surface area contributed by atoms with Crippen molar-refractivity contribution in [3.63, 3.8) is 0 Å². The molecule has 0 aromatic heterocycles. The average molecular weight is 536 g/mol. The summed E-state index contributed by atoms with van der Waals surface area (Å²) >= 11 is 0. The highest BCUT2D eigenvalue weighted by molar-refractivity contribution is 7.92. The minimum atomic E-state index is -4.07. The van der Waals surface area contributed by atoms with Crippen LogP contribution >= 0.6 is 0 Å². The van der Waals surface area contributed by atoms with E-state index in [9.17, 15) is 18.0 Å². The zero-order valence-electron chi connectivity index (χ0n) is 22.6. The summed E-state index contributed by atoms with van der Waals surface area (Å²) in [6, 6.07) is 22.2. The van der Waals surface area contributed by atoms with Gasteiger partial charge in [-0.05, 0) is 67.6 Å². The van der Waals surface area contributed by atoms with E-state index in [0.29, 0.717) is 18.7 Å². The summed E-state index contributed by atoms with van der Waals surface area (Å²) in [5.41, 5.74) is 3.02. The van der Waals surface area contributed by atoms with Gasteiger partial charge in [0.15, 0.2) is 0 Å². The highest BCUT2D eigenvalue weighted by Crippen LogP contribution is 2.26. The highest BCUT2D eigenvalue weighted by atomic mass is 32.2. The monoisotopic (exact) mass is 535 g/mol. The van der Waals surface area contributed by atoms with E-state index in [1.807, 2.05) is 64.1 Å². The van der Waals surface area contributed by atoms with Gasteiger partial charge < -0.3 is 10.2 Å². The van der Waals surface area contributed by atoms with E-state index in [1.165, 1.54) is 17.0 Å². The van der Waals surface area contributed by atoms with E-state index in [2.05, 4.69) is 5.32 Å². The Morgan fingerprint density at radius 1 is 0.868 bits per heavy atom. The first-order chi connectivity index (χ1) is 18.2. The van der Waals surface area contributed by atoms with Crippen molar-refractivity contribution in [2.45, 2.75) is 58.0 Å². The molecule has 38 heavy (non-hydrogen) atoms. The number of benzene rings is 3. The molecule has 0 spiro atoms. The maximum Gasteiger partial charge on any atom is 0.264 e. The molecule has 1 atom stereocenters. The zero-order valence-corrected chi connectivity index (χ0v) is 23.4. The molecule has 0 fully saturated rings. The number of hydrogen-bond acceptors (Lipinski definition) is 4. The maximum atomic E-state index is 14.0. The molecule has 3 aromatic rings. The molecular formula is C30H37N3O4S. The van der Waals surface area contributed by atoms with Crippen molar-refractivity contribution < 1.29 is 18.0 Å². The first kappa shape index (κ1) is 28.9. The molecule has 202 valence electrons. The summed E-state index contributed by atoms with van der Waals surface area (Å²) in [6.45, 7) is 7.83. The smallest absolute Gasteiger partial charge is 0.264 e. The molecule has 0 aliphatic rings. The van der Waals surface area contributed by atoms with Gasteiger partial charge in [-0.3, -0.25) is 13.9 Å². The van der Waals surface area contributed by atoms with Gasteiger partial charge >= 0.3 is 0 Å². The first-order valence-electron chi connectivity index (χ1n) is 12.9. The predicted octanol–water partition coefficient (Wildman–Crippen LogP) is 4.83. The largest absolute Gasteiger partial charge is 0.354 e. The molecule has 0 saturated heterocycles. The number of anilines is 1. The van der Waals surface area contributed by atoms with Crippen LogP contribution in [0, 0.1) is 13.8 Å². The Kier molecular flexibility index (Phi) is 10.1. The van der Waals surface area contributed by atoms with Crippen LogP contribution in [0.2, 0.25) is 0 Å². The molecular weight excluding hydrogens is 498 g/mol. The van der Waals surface area contributed by atoms with Gasteiger partial charge in [0.1, 0.15) is 12.6 Å². The Morgan fingerprint density at radius 2 is 1.45 bits per heavy atom. The first-order valence-corrected chi connectivity index (χ1v) is 14.4. The molecule has 2 amide bonds. The summed E-state index contributed by atoms with van der Waals surface area (Å²) in [7, 11) is -4.07. The number of aryl methyl sites for hydroxylation is 2. The van der Waals surface area contributed by atoms with Crippen LogP contribution in [0.5, 0.6) is 0 Å². The number of nitrogens with zero attached hydrogens (tertiary/aromatic N) is 2. The second-order valence-corrected chi connectivity index (χ2v) is 11.3. The Labute approximate surface area is 226 Å². The van der Waals surface area contributed by atoms with Gasteiger partial charge in [0.25, 0.3) is 10.0 Å². The summed E-state index contributed by atoms with van der Waals surface area (Å²) in [5.74, 6) is -0.700. The lowest BCUT2D eigenvalue weighted by atomic mass is 10.1. The predicted molar refractivity (Wildman–Crippen MR) is 151 cm³/mol. The third-order valence-corrected chi connectivity index (χ3v) is 8.02. The van der Waals surface area contributed by atoms with E-state index in [1.54, 1.807) is 30.3 Å². The van der Waals surface area contributed by atoms with Crippen LogP contribution in [-0.2, 0) is 26.2 Å². The number of rotatable bonds is 12. The van der Waals surface area contributed by atoms with Crippen molar-refractivity contribution in [1.82, 2.24) is 10.2 Å². The second kappa shape index (κ2) is 13.2. The molecule has 0 heterocycles. The van der Waals surface area contributed by atoms with E-state index in [0.717, 1.165) is 27.4 Å². The van der Waals surface area contributed by atoms with Crippen molar-refractivity contribution >= 4 is 27.5 Å². The Morgan fingerprint density at radius 3 is 2.00 bits per heavy atom. The van der Waals surface area contributed by atoms with Crippen LogP contribution in [0.1, 0.15) is 43.4 Å². The summed E-state index contributed by atoms with van der Waals surface area (Å²) < 4.78 is 28.9. The SMILES string of the molecule is CCCNC(=O)[C@H](CC)N(Cc1ccccc1)C(=O)CN(c1cc(C)cc(C)c1)S(=O)(=O)c1ccccc1. The third kappa shape index (κ3) is 7.22.